The number of alkyl carbamates (subject to hydrolysis) is 1. The molecule has 0 saturated heterocycles. The Labute approximate surface area is 146 Å². The third-order valence-electron chi connectivity index (χ3n) is 3.21. The molecule has 1 atom stereocenters. The fraction of sp³-hybridized carbons (Fsp3) is 0.588. The summed E-state index contributed by atoms with van der Waals surface area (Å²) >= 11 is 3.30. The van der Waals surface area contributed by atoms with Crippen molar-refractivity contribution in [3.8, 4) is 5.75 Å². The Bertz CT molecular complexity index is 527. The number of benzene rings is 1. The van der Waals surface area contributed by atoms with Crippen LogP contribution in [0.5, 0.6) is 5.75 Å². The van der Waals surface area contributed by atoms with E-state index in [0.717, 1.165) is 5.56 Å². The molecule has 1 aromatic rings. The smallest absolute Gasteiger partial charge is 0.407 e. The lowest BCUT2D eigenvalue weighted by molar-refractivity contribution is 0.0490. The summed E-state index contributed by atoms with van der Waals surface area (Å²) in [7, 11) is 0. The molecule has 1 amide bonds. The topological polar surface area (TPSA) is 70.6 Å². The first-order valence-corrected chi connectivity index (χ1v) is 8.55. The molecule has 0 saturated carbocycles. The van der Waals surface area contributed by atoms with E-state index in [1.54, 1.807) is 6.07 Å². The number of carbonyl (C=O) groups is 1. The zero-order chi connectivity index (χ0) is 17.6. The SMILES string of the molecule is CC(C)C(CNCc1ccc(O)c(Br)c1)NC(=O)OC(C)(C)C. The van der Waals surface area contributed by atoms with Crippen molar-refractivity contribution in [1.29, 1.82) is 0 Å². The first kappa shape index (κ1) is 19.8. The van der Waals surface area contributed by atoms with Crippen molar-refractivity contribution < 1.29 is 14.6 Å². The van der Waals surface area contributed by atoms with Crippen LogP contribution in [0.1, 0.15) is 40.2 Å². The van der Waals surface area contributed by atoms with Crippen LogP contribution >= 0.6 is 15.9 Å². The maximum absolute atomic E-state index is 11.9. The monoisotopic (exact) mass is 386 g/mol. The van der Waals surface area contributed by atoms with Crippen molar-refractivity contribution in [1.82, 2.24) is 10.6 Å². The third kappa shape index (κ3) is 7.70. The highest BCUT2D eigenvalue weighted by Gasteiger charge is 2.21. The van der Waals surface area contributed by atoms with E-state index in [1.807, 2.05) is 32.9 Å². The molecule has 0 aromatic heterocycles. The molecule has 0 bridgehead atoms. The van der Waals surface area contributed by atoms with Gasteiger partial charge in [0.2, 0.25) is 0 Å². The number of phenolic OH excluding ortho intramolecular Hbond substituents is 1. The standard InChI is InChI=1S/C17H27BrN2O3/c1-11(2)14(20-16(22)23-17(3,4)5)10-19-9-12-6-7-15(21)13(18)8-12/h6-8,11,14,19,21H,9-10H2,1-5H3,(H,20,22). The van der Waals surface area contributed by atoms with Crippen LogP contribution < -0.4 is 10.6 Å². The maximum Gasteiger partial charge on any atom is 0.407 e. The molecule has 3 N–H and O–H groups in total. The van der Waals surface area contributed by atoms with Gasteiger partial charge in [0.05, 0.1) is 4.47 Å². The van der Waals surface area contributed by atoms with Crippen LogP contribution in [0.15, 0.2) is 22.7 Å². The number of hydrogen-bond donors (Lipinski definition) is 3. The highest BCUT2D eigenvalue weighted by molar-refractivity contribution is 9.10. The summed E-state index contributed by atoms with van der Waals surface area (Å²) in [6.07, 6.45) is -0.398. The van der Waals surface area contributed by atoms with Crippen LogP contribution in [-0.4, -0.2) is 29.4 Å². The normalized spacial score (nSPS) is 13.0. The molecule has 1 rings (SSSR count). The Kier molecular flexibility index (Phi) is 7.35. The number of aromatic hydroxyl groups is 1. The fourth-order valence-corrected chi connectivity index (χ4v) is 2.37. The highest BCUT2D eigenvalue weighted by atomic mass is 79.9. The molecule has 0 radical (unpaired) electrons. The Morgan fingerprint density at radius 1 is 1.35 bits per heavy atom. The maximum atomic E-state index is 11.9. The number of rotatable bonds is 6. The summed E-state index contributed by atoms with van der Waals surface area (Å²) < 4.78 is 5.97. The van der Waals surface area contributed by atoms with Gasteiger partial charge in [-0.15, -0.1) is 0 Å². The second-order valence-corrected chi connectivity index (χ2v) is 7.77. The minimum Gasteiger partial charge on any atom is -0.507 e. The van der Waals surface area contributed by atoms with Gasteiger partial charge in [0.25, 0.3) is 0 Å². The zero-order valence-electron chi connectivity index (χ0n) is 14.4. The van der Waals surface area contributed by atoms with E-state index >= 15 is 0 Å². The predicted molar refractivity (Wildman–Crippen MR) is 95.5 cm³/mol. The Hall–Kier alpha value is -1.27. The van der Waals surface area contributed by atoms with Gasteiger partial charge in [-0.05, 0) is 60.3 Å². The first-order chi connectivity index (χ1) is 10.6. The number of ether oxygens (including phenoxy) is 1. The largest absolute Gasteiger partial charge is 0.507 e. The fourth-order valence-electron chi connectivity index (χ4n) is 1.94. The zero-order valence-corrected chi connectivity index (χ0v) is 16.0. The average Bonchev–Trinajstić information content (AvgIpc) is 2.39. The van der Waals surface area contributed by atoms with Crippen LogP contribution in [-0.2, 0) is 11.3 Å². The molecule has 0 spiro atoms. The number of hydrogen-bond acceptors (Lipinski definition) is 4. The van der Waals surface area contributed by atoms with Gasteiger partial charge in [-0.25, -0.2) is 4.79 Å². The van der Waals surface area contributed by atoms with Gasteiger partial charge in [-0.1, -0.05) is 19.9 Å². The number of amides is 1. The van der Waals surface area contributed by atoms with Gasteiger partial charge >= 0.3 is 6.09 Å². The summed E-state index contributed by atoms with van der Waals surface area (Å²) in [5, 5.41) is 15.7. The second-order valence-electron chi connectivity index (χ2n) is 6.91. The number of phenols is 1. The molecule has 1 aromatic carbocycles. The van der Waals surface area contributed by atoms with E-state index in [1.165, 1.54) is 0 Å². The molecule has 1 unspecified atom stereocenters. The minimum atomic E-state index is -0.503. The molecule has 23 heavy (non-hydrogen) atoms. The van der Waals surface area contributed by atoms with Crippen LogP contribution in [0, 0.1) is 5.92 Å². The predicted octanol–water partition coefficient (Wildman–Crippen LogP) is 3.79. The number of halogens is 1. The molecule has 0 aliphatic heterocycles. The van der Waals surface area contributed by atoms with E-state index in [-0.39, 0.29) is 17.7 Å². The average molecular weight is 387 g/mol. The summed E-state index contributed by atoms with van der Waals surface area (Å²) in [6.45, 7) is 10.9. The lowest BCUT2D eigenvalue weighted by Crippen LogP contribution is -2.46. The molecule has 0 fully saturated rings. The molecular formula is C17H27BrN2O3. The van der Waals surface area contributed by atoms with E-state index in [2.05, 4.69) is 40.4 Å². The van der Waals surface area contributed by atoms with Crippen molar-refractivity contribution in [3.05, 3.63) is 28.2 Å². The van der Waals surface area contributed by atoms with Crippen LogP contribution in [0.4, 0.5) is 4.79 Å². The van der Waals surface area contributed by atoms with Gasteiger partial charge in [-0.3, -0.25) is 0 Å². The van der Waals surface area contributed by atoms with Crippen molar-refractivity contribution in [3.63, 3.8) is 0 Å². The Morgan fingerprint density at radius 3 is 2.52 bits per heavy atom. The minimum absolute atomic E-state index is 0.0228. The molecule has 130 valence electrons. The Balaban J connectivity index is 2.50. The van der Waals surface area contributed by atoms with Crippen molar-refractivity contribution >= 4 is 22.0 Å². The van der Waals surface area contributed by atoms with Crippen molar-refractivity contribution in [2.45, 2.75) is 52.8 Å². The Morgan fingerprint density at radius 2 is 2.00 bits per heavy atom. The lowest BCUT2D eigenvalue weighted by Gasteiger charge is -2.26. The third-order valence-corrected chi connectivity index (χ3v) is 3.85. The molecule has 0 heterocycles. The van der Waals surface area contributed by atoms with E-state index in [4.69, 9.17) is 4.74 Å². The van der Waals surface area contributed by atoms with Crippen molar-refractivity contribution in [2.75, 3.05) is 6.54 Å². The highest BCUT2D eigenvalue weighted by Crippen LogP contribution is 2.24. The summed E-state index contributed by atoms with van der Waals surface area (Å²) in [6, 6.07) is 5.36. The quantitative estimate of drug-likeness (QED) is 0.695. The van der Waals surface area contributed by atoms with Gasteiger partial charge in [-0.2, -0.15) is 0 Å². The lowest BCUT2D eigenvalue weighted by atomic mass is 10.0. The van der Waals surface area contributed by atoms with Gasteiger partial charge in [0.1, 0.15) is 11.4 Å². The summed E-state index contributed by atoms with van der Waals surface area (Å²) in [4.78, 5) is 11.9. The van der Waals surface area contributed by atoms with E-state index in [9.17, 15) is 9.90 Å². The van der Waals surface area contributed by atoms with Crippen LogP contribution in [0.25, 0.3) is 0 Å². The van der Waals surface area contributed by atoms with Gasteiger partial charge in [0, 0.05) is 19.1 Å². The molecule has 0 aliphatic rings. The second kappa shape index (κ2) is 8.55. The summed E-state index contributed by atoms with van der Waals surface area (Å²) in [5.41, 5.74) is 0.548. The summed E-state index contributed by atoms with van der Waals surface area (Å²) in [5.74, 6) is 0.502. The molecule has 6 heteroatoms. The van der Waals surface area contributed by atoms with E-state index in [0.29, 0.717) is 17.6 Å². The number of carbonyl (C=O) groups excluding carboxylic acids is 1. The molecule has 0 aliphatic carbocycles. The first-order valence-electron chi connectivity index (χ1n) is 7.76. The molecule has 5 nitrogen and oxygen atoms in total. The number of nitrogens with one attached hydrogen (secondary N) is 2. The molecular weight excluding hydrogens is 360 g/mol. The van der Waals surface area contributed by atoms with Gasteiger partial charge < -0.3 is 20.5 Å². The van der Waals surface area contributed by atoms with Crippen molar-refractivity contribution in [2.24, 2.45) is 5.92 Å². The van der Waals surface area contributed by atoms with Crippen LogP contribution in [0.3, 0.4) is 0 Å². The van der Waals surface area contributed by atoms with E-state index < -0.39 is 11.7 Å². The van der Waals surface area contributed by atoms with Crippen LogP contribution in [0.2, 0.25) is 0 Å². The van der Waals surface area contributed by atoms with Gasteiger partial charge in [0.15, 0.2) is 0 Å².